The fraction of sp³-hybridized carbons (Fsp3) is 0. The maximum atomic E-state index is 10.9. The largest absolute Gasteiger partial charge is 0.477 e. The van der Waals surface area contributed by atoms with Crippen molar-refractivity contribution in [3.63, 3.8) is 0 Å². The van der Waals surface area contributed by atoms with Gasteiger partial charge in [0.1, 0.15) is 5.82 Å². The van der Waals surface area contributed by atoms with Gasteiger partial charge in [-0.2, -0.15) is 0 Å². The molecular formula is C11H7BrN2O4. The molecule has 0 aliphatic rings. The van der Waals surface area contributed by atoms with E-state index < -0.39 is 23.3 Å². The number of aromatic amines is 1. The van der Waals surface area contributed by atoms with Gasteiger partial charge in [-0.25, -0.2) is 14.6 Å². The van der Waals surface area contributed by atoms with Gasteiger partial charge in [-0.1, -0.05) is 28.1 Å². The van der Waals surface area contributed by atoms with Crippen LogP contribution in [0.3, 0.4) is 0 Å². The number of H-pyrrole nitrogens is 1. The van der Waals surface area contributed by atoms with Crippen LogP contribution in [0.2, 0.25) is 0 Å². The Bertz CT molecular complexity index is 604. The molecule has 2 rings (SSSR count). The molecule has 0 saturated heterocycles. The van der Waals surface area contributed by atoms with Crippen LogP contribution in [0, 0.1) is 0 Å². The lowest BCUT2D eigenvalue weighted by atomic mass is 10.2. The van der Waals surface area contributed by atoms with Gasteiger partial charge < -0.3 is 15.2 Å². The molecular weight excluding hydrogens is 304 g/mol. The number of carboxylic acids is 2. The first-order chi connectivity index (χ1) is 8.49. The molecule has 18 heavy (non-hydrogen) atoms. The highest BCUT2D eigenvalue weighted by molar-refractivity contribution is 9.10. The van der Waals surface area contributed by atoms with Gasteiger partial charge in [0, 0.05) is 10.0 Å². The summed E-state index contributed by atoms with van der Waals surface area (Å²) in [5.41, 5.74) is -0.339. The number of nitrogens with one attached hydrogen (secondary N) is 1. The molecule has 0 aliphatic heterocycles. The molecule has 0 bridgehead atoms. The minimum absolute atomic E-state index is 0.200. The van der Waals surface area contributed by atoms with E-state index >= 15 is 0 Å². The molecule has 0 atom stereocenters. The molecule has 0 unspecified atom stereocenters. The van der Waals surface area contributed by atoms with E-state index in [9.17, 15) is 9.59 Å². The zero-order chi connectivity index (χ0) is 13.3. The molecule has 2 aromatic rings. The molecule has 0 aliphatic carbocycles. The first-order valence-electron chi connectivity index (χ1n) is 4.81. The average molecular weight is 311 g/mol. The molecule has 0 amide bonds. The maximum Gasteiger partial charge on any atom is 0.357 e. The highest BCUT2D eigenvalue weighted by Gasteiger charge is 2.22. The van der Waals surface area contributed by atoms with Gasteiger partial charge in [-0.05, 0) is 12.1 Å². The van der Waals surface area contributed by atoms with E-state index in [1.54, 1.807) is 24.3 Å². The number of rotatable bonds is 3. The number of carboxylic acid groups (broad SMARTS) is 2. The third-order valence-corrected chi connectivity index (χ3v) is 2.71. The number of carbonyl (C=O) groups is 2. The van der Waals surface area contributed by atoms with Crippen LogP contribution in [0.15, 0.2) is 28.7 Å². The van der Waals surface area contributed by atoms with Crippen LogP contribution in [-0.2, 0) is 0 Å². The molecule has 7 heteroatoms. The van der Waals surface area contributed by atoms with E-state index in [1.165, 1.54) is 0 Å². The predicted octanol–water partition coefficient (Wildman–Crippen LogP) is 2.24. The Morgan fingerprint density at radius 3 is 2.44 bits per heavy atom. The van der Waals surface area contributed by atoms with Gasteiger partial charge >= 0.3 is 11.9 Å². The Balaban J connectivity index is 2.57. The number of halogens is 1. The van der Waals surface area contributed by atoms with Gasteiger partial charge in [0.25, 0.3) is 0 Å². The number of aromatic nitrogens is 2. The van der Waals surface area contributed by atoms with Gasteiger partial charge in [0.2, 0.25) is 0 Å². The molecule has 0 fully saturated rings. The third kappa shape index (κ3) is 2.25. The summed E-state index contributed by atoms with van der Waals surface area (Å²) in [6, 6.07) is 6.93. The standard InChI is InChI=1S/C11H7BrN2O4/c12-6-3-1-2-5(4-6)9-13-7(10(15)16)8(14-9)11(17)18/h1-4H,(H,13,14)(H,15,16)(H,17,18). The highest BCUT2D eigenvalue weighted by atomic mass is 79.9. The van der Waals surface area contributed by atoms with Crippen molar-refractivity contribution < 1.29 is 19.8 Å². The second-order valence-electron chi connectivity index (χ2n) is 3.43. The minimum Gasteiger partial charge on any atom is -0.477 e. The first kappa shape index (κ1) is 12.3. The summed E-state index contributed by atoms with van der Waals surface area (Å²) >= 11 is 3.27. The molecule has 1 heterocycles. The average Bonchev–Trinajstić information content (AvgIpc) is 2.73. The van der Waals surface area contributed by atoms with Crippen LogP contribution >= 0.6 is 15.9 Å². The van der Waals surface area contributed by atoms with Crippen LogP contribution in [0.5, 0.6) is 0 Å². The van der Waals surface area contributed by atoms with Crippen molar-refractivity contribution in [2.75, 3.05) is 0 Å². The summed E-state index contributed by atoms with van der Waals surface area (Å²) in [6.45, 7) is 0. The molecule has 6 nitrogen and oxygen atoms in total. The molecule has 1 aromatic carbocycles. The second-order valence-corrected chi connectivity index (χ2v) is 4.35. The smallest absolute Gasteiger partial charge is 0.357 e. The van der Waals surface area contributed by atoms with E-state index in [-0.39, 0.29) is 5.82 Å². The monoisotopic (exact) mass is 310 g/mol. The molecule has 1 aromatic heterocycles. The number of nitrogens with zero attached hydrogens (tertiary/aromatic N) is 1. The van der Waals surface area contributed by atoms with Crippen LogP contribution in [-0.4, -0.2) is 32.1 Å². The van der Waals surface area contributed by atoms with Gasteiger partial charge in [-0.3, -0.25) is 0 Å². The summed E-state index contributed by atoms with van der Waals surface area (Å²) < 4.78 is 0.783. The zero-order valence-electron chi connectivity index (χ0n) is 8.85. The van der Waals surface area contributed by atoms with Crippen LogP contribution < -0.4 is 0 Å². The number of hydrogen-bond donors (Lipinski definition) is 3. The summed E-state index contributed by atoms with van der Waals surface area (Å²) in [5, 5.41) is 17.8. The van der Waals surface area contributed by atoms with Crippen molar-refractivity contribution in [1.82, 2.24) is 9.97 Å². The summed E-state index contributed by atoms with van der Waals surface area (Å²) in [4.78, 5) is 28.1. The zero-order valence-corrected chi connectivity index (χ0v) is 10.4. The molecule has 0 spiro atoms. The van der Waals surface area contributed by atoms with E-state index in [2.05, 4.69) is 25.9 Å². The lowest BCUT2D eigenvalue weighted by molar-refractivity contribution is 0.0644. The molecule has 0 saturated carbocycles. The quantitative estimate of drug-likeness (QED) is 0.806. The van der Waals surface area contributed by atoms with Gasteiger partial charge in [-0.15, -0.1) is 0 Å². The van der Waals surface area contributed by atoms with Crippen LogP contribution in [0.1, 0.15) is 21.0 Å². The van der Waals surface area contributed by atoms with Gasteiger partial charge in [0.15, 0.2) is 11.4 Å². The lowest BCUT2D eigenvalue weighted by Crippen LogP contribution is -2.07. The highest BCUT2D eigenvalue weighted by Crippen LogP contribution is 2.22. The van der Waals surface area contributed by atoms with Crippen molar-refractivity contribution in [2.45, 2.75) is 0 Å². The summed E-state index contributed by atoms with van der Waals surface area (Å²) in [7, 11) is 0. The number of benzene rings is 1. The number of imidazole rings is 1. The normalized spacial score (nSPS) is 10.3. The Morgan fingerprint density at radius 2 is 1.94 bits per heavy atom. The van der Waals surface area contributed by atoms with Crippen molar-refractivity contribution in [3.05, 3.63) is 40.1 Å². The second kappa shape index (κ2) is 4.61. The maximum absolute atomic E-state index is 10.9. The Labute approximate surface area is 109 Å². The topological polar surface area (TPSA) is 103 Å². The predicted molar refractivity (Wildman–Crippen MR) is 65.6 cm³/mol. The summed E-state index contributed by atoms with van der Waals surface area (Å²) in [5.74, 6) is -2.54. The molecule has 92 valence electrons. The van der Waals surface area contributed by atoms with E-state index in [0.29, 0.717) is 5.56 Å². The Kier molecular flexibility index (Phi) is 3.15. The Hall–Kier alpha value is -2.15. The Morgan fingerprint density at radius 1 is 1.22 bits per heavy atom. The van der Waals surface area contributed by atoms with Crippen molar-refractivity contribution >= 4 is 27.9 Å². The van der Waals surface area contributed by atoms with Crippen molar-refractivity contribution in [1.29, 1.82) is 0 Å². The van der Waals surface area contributed by atoms with E-state index in [4.69, 9.17) is 10.2 Å². The molecule has 3 N–H and O–H groups in total. The van der Waals surface area contributed by atoms with E-state index in [0.717, 1.165) is 4.47 Å². The lowest BCUT2D eigenvalue weighted by Gasteiger charge is -1.96. The van der Waals surface area contributed by atoms with E-state index in [1.807, 2.05) is 0 Å². The van der Waals surface area contributed by atoms with Crippen molar-refractivity contribution in [3.8, 4) is 11.4 Å². The number of aromatic carboxylic acids is 2. The fourth-order valence-corrected chi connectivity index (χ4v) is 1.85. The van der Waals surface area contributed by atoms with Crippen LogP contribution in [0.4, 0.5) is 0 Å². The minimum atomic E-state index is -1.38. The number of hydrogen-bond acceptors (Lipinski definition) is 3. The fourth-order valence-electron chi connectivity index (χ4n) is 1.46. The van der Waals surface area contributed by atoms with Gasteiger partial charge in [0.05, 0.1) is 0 Å². The first-order valence-corrected chi connectivity index (χ1v) is 5.61. The SMILES string of the molecule is O=C(O)c1nc(-c2cccc(Br)c2)[nH]c1C(=O)O. The van der Waals surface area contributed by atoms with Crippen LogP contribution in [0.25, 0.3) is 11.4 Å². The third-order valence-electron chi connectivity index (χ3n) is 2.22. The molecule has 0 radical (unpaired) electrons. The summed E-state index contributed by atoms with van der Waals surface area (Å²) in [6.07, 6.45) is 0. The van der Waals surface area contributed by atoms with Crippen molar-refractivity contribution in [2.24, 2.45) is 0 Å².